The van der Waals surface area contributed by atoms with Gasteiger partial charge in [-0.05, 0) is 25.3 Å². The van der Waals surface area contributed by atoms with Gasteiger partial charge in [-0.15, -0.1) is 0 Å². The number of esters is 1. The van der Waals surface area contributed by atoms with E-state index in [1.807, 2.05) is 31.2 Å². The molecule has 5 nitrogen and oxygen atoms in total. The van der Waals surface area contributed by atoms with Crippen LogP contribution in [-0.2, 0) is 23.7 Å². The van der Waals surface area contributed by atoms with Crippen molar-refractivity contribution in [2.24, 2.45) is 5.92 Å². The van der Waals surface area contributed by atoms with Crippen molar-refractivity contribution in [1.82, 2.24) is 0 Å². The lowest BCUT2D eigenvalue weighted by molar-refractivity contribution is -0.136. The predicted octanol–water partition coefficient (Wildman–Crippen LogP) is 3.02. The van der Waals surface area contributed by atoms with Crippen molar-refractivity contribution in [3.63, 3.8) is 0 Å². The predicted molar refractivity (Wildman–Crippen MR) is 88.9 cm³/mol. The summed E-state index contributed by atoms with van der Waals surface area (Å²) in [5.41, 5.74) is 0.973. The monoisotopic (exact) mass is 324 g/mol. The molecule has 130 valence electrons. The summed E-state index contributed by atoms with van der Waals surface area (Å²) in [4.78, 5) is 11.6. The quantitative estimate of drug-likeness (QED) is 0.452. The third-order valence-electron chi connectivity index (χ3n) is 3.56. The molecular formula is C18H28O5. The Morgan fingerprint density at radius 2 is 2.00 bits per heavy atom. The van der Waals surface area contributed by atoms with Gasteiger partial charge in [-0.2, -0.15) is 0 Å². The standard InChI is InChI=1S/C18H28O5/c1-14-11-15(2)18(23-13-20-3)16(21-4)9-7-5-6-8-10-17(19)22-12-14/h7-11,15-16,18H,5-6,12-13H2,1-4H3/b9-7+,10-8+,14-11-/t15-,16+,18+/m1/s1. The molecule has 0 aromatic heterocycles. The normalized spacial score (nSPS) is 32.3. The fourth-order valence-corrected chi connectivity index (χ4v) is 2.44. The van der Waals surface area contributed by atoms with Crippen LogP contribution in [0.15, 0.2) is 36.0 Å². The number of rotatable bonds is 4. The molecule has 1 heterocycles. The second kappa shape index (κ2) is 11.2. The Hall–Kier alpha value is -1.43. The van der Waals surface area contributed by atoms with Crippen molar-refractivity contribution in [2.45, 2.75) is 38.9 Å². The number of hydrogen-bond acceptors (Lipinski definition) is 5. The average Bonchev–Trinajstić information content (AvgIpc) is 2.53. The first-order valence-corrected chi connectivity index (χ1v) is 7.89. The van der Waals surface area contributed by atoms with Gasteiger partial charge >= 0.3 is 5.97 Å². The largest absolute Gasteiger partial charge is 0.458 e. The van der Waals surface area contributed by atoms with Crippen LogP contribution in [0.2, 0.25) is 0 Å². The maximum Gasteiger partial charge on any atom is 0.330 e. The summed E-state index contributed by atoms with van der Waals surface area (Å²) < 4.78 is 21.6. The molecule has 0 unspecified atom stereocenters. The van der Waals surface area contributed by atoms with Gasteiger partial charge in [-0.25, -0.2) is 4.79 Å². The number of carbonyl (C=O) groups is 1. The first kappa shape index (κ1) is 19.6. The lowest BCUT2D eigenvalue weighted by Gasteiger charge is -2.28. The van der Waals surface area contributed by atoms with E-state index in [-0.39, 0.29) is 37.5 Å². The van der Waals surface area contributed by atoms with E-state index >= 15 is 0 Å². The zero-order chi connectivity index (χ0) is 17.1. The van der Waals surface area contributed by atoms with Gasteiger partial charge in [-0.1, -0.05) is 31.2 Å². The van der Waals surface area contributed by atoms with Gasteiger partial charge in [-0.3, -0.25) is 0 Å². The molecule has 23 heavy (non-hydrogen) atoms. The highest BCUT2D eigenvalue weighted by Gasteiger charge is 2.25. The molecule has 0 spiro atoms. The highest BCUT2D eigenvalue weighted by molar-refractivity contribution is 5.81. The van der Waals surface area contributed by atoms with Crippen LogP contribution in [0.4, 0.5) is 0 Å². The highest BCUT2D eigenvalue weighted by Crippen LogP contribution is 2.19. The van der Waals surface area contributed by atoms with E-state index in [4.69, 9.17) is 18.9 Å². The van der Waals surface area contributed by atoms with E-state index < -0.39 is 0 Å². The van der Waals surface area contributed by atoms with Crippen LogP contribution < -0.4 is 0 Å². The minimum atomic E-state index is -0.312. The smallest absolute Gasteiger partial charge is 0.330 e. The van der Waals surface area contributed by atoms with Crippen LogP contribution in [0, 0.1) is 5.92 Å². The molecule has 0 amide bonds. The Morgan fingerprint density at radius 1 is 1.26 bits per heavy atom. The first-order chi connectivity index (χ1) is 11.1. The molecule has 0 aromatic carbocycles. The van der Waals surface area contributed by atoms with Gasteiger partial charge in [0.25, 0.3) is 0 Å². The lowest BCUT2D eigenvalue weighted by Crippen LogP contribution is -2.35. The number of ether oxygens (including phenoxy) is 4. The van der Waals surface area contributed by atoms with E-state index in [1.165, 1.54) is 6.08 Å². The minimum absolute atomic E-state index is 0.0805. The Balaban J connectivity index is 2.96. The Kier molecular flexibility index (Phi) is 9.52. The summed E-state index contributed by atoms with van der Waals surface area (Å²) in [6, 6.07) is 0. The maximum atomic E-state index is 11.6. The Labute approximate surface area is 138 Å². The Bertz CT molecular complexity index is 439. The van der Waals surface area contributed by atoms with Crippen molar-refractivity contribution in [2.75, 3.05) is 27.6 Å². The first-order valence-electron chi connectivity index (χ1n) is 7.89. The van der Waals surface area contributed by atoms with Crippen LogP contribution in [0.3, 0.4) is 0 Å². The number of cyclic esters (lactones) is 1. The van der Waals surface area contributed by atoms with E-state index in [0.29, 0.717) is 0 Å². The van der Waals surface area contributed by atoms with Gasteiger partial charge in [0.15, 0.2) is 0 Å². The molecule has 0 radical (unpaired) electrons. The zero-order valence-corrected chi connectivity index (χ0v) is 14.5. The van der Waals surface area contributed by atoms with Crippen LogP contribution in [0.25, 0.3) is 0 Å². The SMILES string of the molecule is COCO[C@H]1[C@H](C)/C=C(/C)COC(=O)/C=C/CC/C=C/[C@@H]1OC. The summed E-state index contributed by atoms with van der Waals surface area (Å²) in [7, 11) is 3.27. The molecule has 0 bridgehead atoms. The second-order valence-electron chi connectivity index (χ2n) is 5.63. The van der Waals surface area contributed by atoms with Crippen molar-refractivity contribution in [3.8, 4) is 0 Å². The number of carbonyl (C=O) groups excluding carboxylic acids is 1. The van der Waals surface area contributed by atoms with Crippen molar-refractivity contribution in [1.29, 1.82) is 0 Å². The topological polar surface area (TPSA) is 54.0 Å². The van der Waals surface area contributed by atoms with E-state index in [2.05, 4.69) is 6.92 Å². The molecule has 0 N–H and O–H groups in total. The second-order valence-corrected chi connectivity index (χ2v) is 5.63. The fourth-order valence-electron chi connectivity index (χ4n) is 2.44. The molecule has 5 heteroatoms. The van der Waals surface area contributed by atoms with Crippen LogP contribution in [0.5, 0.6) is 0 Å². The van der Waals surface area contributed by atoms with Crippen molar-refractivity contribution < 1.29 is 23.7 Å². The molecule has 0 aliphatic carbocycles. The average molecular weight is 324 g/mol. The van der Waals surface area contributed by atoms with Crippen LogP contribution in [-0.4, -0.2) is 45.8 Å². The van der Waals surface area contributed by atoms with Gasteiger partial charge in [0.05, 0.1) is 6.10 Å². The molecule has 0 aromatic rings. The number of hydrogen-bond donors (Lipinski definition) is 0. The molecule has 0 saturated heterocycles. The number of methoxy groups -OCH3 is 2. The summed E-state index contributed by atoms with van der Waals surface area (Å²) >= 11 is 0. The third-order valence-corrected chi connectivity index (χ3v) is 3.56. The molecule has 3 atom stereocenters. The summed E-state index contributed by atoms with van der Waals surface area (Å²) in [6.45, 7) is 4.47. The molecular weight excluding hydrogens is 296 g/mol. The lowest BCUT2D eigenvalue weighted by atomic mass is 9.96. The van der Waals surface area contributed by atoms with Gasteiger partial charge in [0.2, 0.25) is 0 Å². The zero-order valence-electron chi connectivity index (χ0n) is 14.5. The van der Waals surface area contributed by atoms with Gasteiger partial charge in [0.1, 0.15) is 19.5 Å². The summed E-state index contributed by atoms with van der Waals surface area (Å²) in [6.07, 6.45) is 10.7. The van der Waals surface area contributed by atoms with E-state index in [9.17, 15) is 4.79 Å². The highest BCUT2D eigenvalue weighted by atomic mass is 16.7. The van der Waals surface area contributed by atoms with Gasteiger partial charge < -0.3 is 18.9 Å². The van der Waals surface area contributed by atoms with Crippen LogP contribution in [0.1, 0.15) is 26.7 Å². The van der Waals surface area contributed by atoms with Crippen molar-refractivity contribution >= 4 is 5.97 Å². The summed E-state index contributed by atoms with van der Waals surface area (Å²) in [5.74, 6) is -0.231. The third kappa shape index (κ3) is 7.59. The molecule has 0 fully saturated rings. The maximum absolute atomic E-state index is 11.6. The fraction of sp³-hybridized carbons (Fsp3) is 0.611. The van der Waals surface area contributed by atoms with Gasteiger partial charge in [0, 0.05) is 26.2 Å². The van der Waals surface area contributed by atoms with E-state index in [0.717, 1.165) is 18.4 Å². The number of allylic oxidation sites excluding steroid dienone is 2. The minimum Gasteiger partial charge on any atom is -0.458 e. The molecule has 1 aliphatic heterocycles. The van der Waals surface area contributed by atoms with Crippen molar-refractivity contribution in [3.05, 3.63) is 36.0 Å². The van der Waals surface area contributed by atoms with Crippen LogP contribution >= 0.6 is 0 Å². The molecule has 1 rings (SSSR count). The summed E-state index contributed by atoms with van der Waals surface area (Å²) in [5, 5.41) is 0. The Morgan fingerprint density at radius 3 is 2.70 bits per heavy atom. The molecule has 1 aliphatic rings. The molecule has 0 saturated carbocycles. The van der Waals surface area contributed by atoms with E-state index in [1.54, 1.807) is 14.2 Å².